The summed E-state index contributed by atoms with van der Waals surface area (Å²) in [6.45, 7) is 7.43. The van der Waals surface area contributed by atoms with E-state index in [-0.39, 0.29) is 17.3 Å². The van der Waals surface area contributed by atoms with Crippen LogP contribution >= 0.6 is 0 Å². The molecule has 6 nitrogen and oxygen atoms in total. The molecule has 0 aliphatic carbocycles. The highest BCUT2D eigenvalue weighted by molar-refractivity contribution is 7.89. The SMILES string of the molecule is C=CCNS(=O)(=O)c1ccc(C(=O)N2CCN(CC=Cc3ccccc3)CC2)cc1. The number of hydrogen-bond donors (Lipinski definition) is 1. The molecular weight excluding hydrogens is 398 g/mol. The molecule has 0 radical (unpaired) electrons. The van der Waals surface area contributed by atoms with Gasteiger partial charge in [-0.1, -0.05) is 48.6 Å². The molecular formula is C23H27N3O3S. The van der Waals surface area contributed by atoms with Gasteiger partial charge in [0.1, 0.15) is 0 Å². The van der Waals surface area contributed by atoms with Crippen LogP contribution in [0.3, 0.4) is 0 Å². The van der Waals surface area contributed by atoms with E-state index in [1.54, 1.807) is 12.1 Å². The van der Waals surface area contributed by atoms with E-state index < -0.39 is 10.0 Å². The van der Waals surface area contributed by atoms with E-state index in [1.807, 2.05) is 23.1 Å². The molecule has 0 atom stereocenters. The molecule has 1 saturated heterocycles. The van der Waals surface area contributed by atoms with Crippen molar-refractivity contribution in [2.45, 2.75) is 4.90 Å². The lowest BCUT2D eigenvalue weighted by molar-refractivity contribution is 0.0650. The lowest BCUT2D eigenvalue weighted by Crippen LogP contribution is -2.48. The highest BCUT2D eigenvalue weighted by Crippen LogP contribution is 2.14. The van der Waals surface area contributed by atoms with Crippen molar-refractivity contribution in [1.82, 2.24) is 14.5 Å². The van der Waals surface area contributed by atoms with Crippen LogP contribution in [0, 0.1) is 0 Å². The van der Waals surface area contributed by atoms with Crippen LogP contribution in [0.4, 0.5) is 0 Å². The van der Waals surface area contributed by atoms with Crippen molar-refractivity contribution in [3.05, 3.63) is 84.5 Å². The van der Waals surface area contributed by atoms with Crippen molar-refractivity contribution >= 4 is 22.0 Å². The Kier molecular flexibility index (Phi) is 7.57. The standard InChI is InChI=1S/C23H27N3O3S/c1-2-14-24-30(28,29)22-12-10-21(11-13-22)23(27)26-18-16-25(17-19-26)15-6-9-20-7-4-3-5-8-20/h2-13,24H,1,14-19H2. The van der Waals surface area contributed by atoms with Crippen LogP contribution in [0.2, 0.25) is 0 Å². The number of piperazine rings is 1. The smallest absolute Gasteiger partial charge is 0.253 e. The molecule has 1 aliphatic heterocycles. The molecule has 0 aromatic heterocycles. The van der Waals surface area contributed by atoms with Crippen molar-refractivity contribution in [3.8, 4) is 0 Å². The summed E-state index contributed by atoms with van der Waals surface area (Å²) in [5.74, 6) is -0.0718. The minimum absolute atomic E-state index is 0.0718. The Morgan fingerprint density at radius 2 is 1.67 bits per heavy atom. The van der Waals surface area contributed by atoms with Gasteiger partial charge in [0.05, 0.1) is 4.90 Å². The van der Waals surface area contributed by atoms with Gasteiger partial charge in [0.2, 0.25) is 10.0 Å². The van der Waals surface area contributed by atoms with Gasteiger partial charge in [-0.25, -0.2) is 13.1 Å². The first kappa shape index (κ1) is 22.0. The van der Waals surface area contributed by atoms with E-state index in [1.165, 1.54) is 23.8 Å². The van der Waals surface area contributed by atoms with Crippen molar-refractivity contribution in [2.24, 2.45) is 0 Å². The molecule has 1 fully saturated rings. The number of sulfonamides is 1. The third-order valence-electron chi connectivity index (χ3n) is 4.96. The monoisotopic (exact) mass is 425 g/mol. The quantitative estimate of drug-likeness (QED) is 0.660. The Labute approximate surface area is 178 Å². The predicted octanol–water partition coefficient (Wildman–Crippen LogP) is 2.62. The van der Waals surface area contributed by atoms with E-state index in [9.17, 15) is 13.2 Å². The van der Waals surface area contributed by atoms with Crippen LogP contribution in [-0.2, 0) is 10.0 Å². The van der Waals surface area contributed by atoms with E-state index in [0.29, 0.717) is 18.7 Å². The largest absolute Gasteiger partial charge is 0.336 e. The van der Waals surface area contributed by atoms with E-state index >= 15 is 0 Å². The number of hydrogen-bond acceptors (Lipinski definition) is 4. The molecule has 2 aromatic rings. The molecule has 1 N–H and O–H groups in total. The van der Waals surface area contributed by atoms with Crippen LogP contribution in [-0.4, -0.2) is 63.4 Å². The number of nitrogens with one attached hydrogen (secondary N) is 1. The second-order valence-corrected chi connectivity index (χ2v) is 8.84. The van der Waals surface area contributed by atoms with Crippen LogP contribution < -0.4 is 4.72 Å². The van der Waals surface area contributed by atoms with Gasteiger partial charge in [0.25, 0.3) is 5.91 Å². The minimum Gasteiger partial charge on any atom is -0.336 e. The molecule has 1 heterocycles. The molecule has 0 spiro atoms. The molecule has 30 heavy (non-hydrogen) atoms. The third-order valence-corrected chi connectivity index (χ3v) is 6.40. The fraction of sp³-hybridized carbons (Fsp3) is 0.261. The number of rotatable bonds is 8. The van der Waals surface area contributed by atoms with Crippen LogP contribution in [0.1, 0.15) is 15.9 Å². The molecule has 0 unspecified atom stereocenters. The summed E-state index contributed by atoms with van der Waals surface area (Å²) < 4.78 is 26.7. The number of carbonyl (C=O) groups excluding carboxylic acids is 1. The first-order chi connectivity index (χ1) is 14.5. The van der Waals surface area contributed by atoms with Crippen molar-refractivity contribution in [2.75, 3.05) is 39.3 Å². The summed E-state index contributed by atoms with van der Waals surface area (Å²) in [6.07, 6.45) is 5.73. The zero-order valence-electron chi connectivity index (χ0n) is 16.9. The molecule has 1 aliphatic rings. The van der Waals surface area contributed by atoms with Crippen molar-refractivity contribution < 1.29 is 13.2 Å². The normalized spacial score (nSPS) is 15.4. The van der Waals surface area contributed by atoms with E-state index in [4.69, 9.17) is 0 Å². The first-order valence-electron chi connectivity index (χ1n) is 9.93. The lowest BCUT2D eigenvalue weighted by atomic mass is 10.2. The fourth-order valence-electron chi connectivity index (χ4n) is 3.25. The Morgan fingerprint density at radius 1 is 1.00 bits per heavy atom. The lowest BCUT2D eigenvalue weighted by Gasteiger charge is -2.34. The van der Waals surface area contributed by atoms with Crippen LogP contribution in [0.5, 0.6) is 0 Å². The summed E-state index contributed by atoms with van der Waals surface area (Å²) in [5.41, 5.74) is 1.67. The second kappa shape index (κ2) is 10.3. The van der Waals surface area contributed by atoms with Gasteiger partial charge in [-0.2, -0.15) is 0 Å². The van der Waals surface area contributed by atoms with Crippen molar-refractivity contribution in [1.29, 1.82) is 0 Å². The maximum Gasteiger partial charge on any atom is 0.253 e. The number of benzene rings is 2. The Hall–Kier alpha value is -2.74. The molecule has 0 bridgehead atoms. The van der Waals surface area contributed by atoms with Gasteiger partial charge in [0.15, 0.2) is 0 Å². The van der Waals surface area contributed by atoms with Crippen LogP contribution in [0.15, 0.2) is 78.2 Å². The Bertz CT molecular complexity index is 978. The van der Waals surface area contributed by atoms with Crippen molar-refractivity contribution in [3.63, 3.8) is 0 Å². The second-order valence-electron chi connectivity index (χ2n) is 7.07. The molecule has 0 saturated carbocycles. The zero-order valence-corrected chi connectivity index (χ0v) is 17.7. The highest BCUT2D eigenvalue weighted by Gasteiger charge is 2.22. The summed E-state index contributed by atoms with van der Waals surface area (Å²) in [6, 6.07) is 16.2. The summed E-state index contributed by atoms with van der Waals surface area (Å²) in [5, 5.41) is 0. The summed E-state index contributed by atoms with van der Waals surface area (Å²) >= 11 is 0. The maximum absolute atomic E-state index is 12.8. The highest BCUT2D eigenvalue weighted by atomic mass is 32.2. The Balaban J connectivity index is 1.51. The number of amides is 1. The van der Waals surface area contributed by atoms with Crippen LogP contribution in [0.25, 0.3) is 6.08 Å². The predicted molar refractivity (Wildman–Crippen MR) is 120 cm³/mol. The zero-order chi connectivity index (χ0) is 21.4. The maximum atomic E-state index is 12.8. The number of nitrogens with zero attached hydrogens (tertiary/aromatic N) is 2. The topological polar surface area (TPSA) is 69.7 Å². The van der Waals surface area contributed by atoms with Gasteiger partial charge in [-0.3, -0.25) is 9.69 Å². The van der Waals surface area contributed by atoms with Gasteiger partial charge >= 0.3 is 0 Å². The molecule has 1 amide bonds. The molecule has 158 valence electrons. The average molecular weight is 426 g/mol. The van der Waals surface area contributed by atoms with Gasteiger partial charge in [-0.05, 0) is 29.8 Å². The Morgan fingerprint density at radius 3 is 2.30 bits per heavy atom. The van der Waals surface area contributed by atoms with E-state index in [0.717, 1.165) is 19.6 Å². The van der Waals surface area contributed by atoms with Gasteiger partial charge in [0, 0.05) is 44.8 Å². The minimum atomic E-state index is -3.59. The average Bonchev–Trinajstić information content (AvgIpc) is 2.78. The fourth-order valence-corrected chi connectivity index (χ4v) is 4.25. The van der Waals surface area contributed by atoms with Gasteiger partial charge in [-0.15, -0.1) is 6.58 Å². The third kappa shape index (κ3) is 5.89. The van der Waals surface area contributed by atoms with E-state index in [2.05, 4.69) is 40.5 Å². The first-order valence-corrected chi connectivity index (χ1v) is 11.4. The van der Waals surface area contributed by atoms with Gasteiger partial charge < -0.3 is 4.90 Å². The molecule has 7 heteroatoms. The molecule has 3 rings (SSSR count). The molecule has 2 aromatic carbocycles. The number of carbonyl (C=O) groups is 1. The summed E-state index contributed by atoms with van der Waals surface area (Å²) in [4.78, 5) is 17.0. The summed E-state index contributed by atoms with van der Waals surface area (Å²) in [7, 11) is -3.59.